The third-order valence-electron chi connectivity index (χ3n) is 4.23. The molecule has 0 bridgehead atoms. The number of thioether (sulfide) groups is 1. The molecule has 1 saturated heterocycles. The van der Waals surface area contributed by atoms with Gasteiger partial charge in [0.05, 0.1) is 0 Å². The predicted octanol–water partition coefficient (Wildman–Crippen LogP) is 4.62. The maximum atomic E-state index is 12.5. The zero-order valence-corrected chi connectivity index (χ0v) is 15.3. The van der Waals surface area contributed by atoms with E-state index in [2.05, 4.69) is 29.4 Å². The number of hydrogen-bond donors (Lipinski definition) is 0. The van der Waals surface area contributed by atoms with Crippen LogP contribution < -0.4 is 0 Å². The number of carbonyl (C=O) groups excluding carboxylic acids is 1. The first-order chi connectivity index (χ1) is 11.1. The van der Waals surface area contributed by atoms with Gasteiger partial charge in [0.1, 0.15) is 4.34 Å². The second kappa shape index (κ2) is 7.49. The van der Waals surface area contributed by atoms with Gasteiger partial charge in [-0.2, -0.15) is 0 Å². The maximum Gasteiger partial charge on any atom is 0.253 e. The Bertz CT molecular complexity index is 658. The van der Waals surface area contributed by atoms with Crippen LogP contribution in [0.2, 0.25) is 0 Å². The minimum absolute atomic E-state index is 0.173. The molecule has 2 heterocycles. The highest BCUT2D eigenvalue weighted by molar-refractivity contribution is 8.00. The van der Waals surface area contributed by atoms with Crippen molar-refractivity contribution in [1.82, 2.24) is 9.88 Å². The van der Waals surface area contributed by atoms with Crippen LogP contribution in [0.4, 0.5) is 0 Å². The number of amides is 1. The molecule has 0 saturated carbocycles. The van der Waals surface area contributed by atoms with Crippen molar-refractivity contribution < 1.29 is 4.79 Å². The average molecular weight is 347 g/mol. The van der Waals surface area contributed by atoms with Crippen LogP contribution in [-0.2, 0) is 5.75 Å². The molecule has 3 rings (SSSR count). The van der Waals surface area contributed by atoms with Crippen molar-refractivity contribution in [3.63, 3.8) is 0 Å². The molecule has 1 aliphatic heterocycles. The number of carbonyl (C=O) groups is 1. The fraction of sp³-hybridized carbons (Fsp3) is 0.444. The first-order valence-electron chi connectivity index (χ1n) is 8.05. The lowest BCUT2D eigenvalue weighted by Crippen LogP contribution is -2.37. The van der Waals surface area contributed by atoms with Crippen molar-refractivity contribution in [1.29, 1.82) is 0 Å². The molecule has 1 amide bonds. The molecule has 0 aliphatic carbocycles. The molecule has 1 aliphatic rings. The first kappa shape index (κ1) is 16.5. The van der Waals surface area contributed by atoms with Crippen molar-refractivity contribution in [2.75, 3.05) is 13.1 Å². The topological polar surface area (TPSA) is 33.2 Å². The Balaban J connectivity index is 1.57. The van der Waals surface area contributed by atoms with E-state index in [1.54, 1.807) is 23.1 Å². The number of thiazole rings is 1. The summed E-state index contributed by atoms with van der Waals surface area (Å²) in [5.74, 6) is 1.81. The molecular formula is C18H22N2OS2. The lowest BCUT2D eigenvalue weighted by atomic mass is 9.98. The van der Waals surface area contributed by atoms with Crippen LogP contribution in [0.25, 0.3) is 0 Å². The Labute approximate surface area is 146 Å². The number of aromatic nitrogens is 1. The normalized spacial score (nSPS) is 15.8. The van der Waals surface area contributed by atoms with Crippen LogP contribution in [0.5, 0.6) is 0 Å². The number of nitrogens with zero attached hydrogens (tertiary/aromatic N) is 2. The summed E-state index contributed by atoms with van der Waals surface area (Å²) in [5, 5.41) is 2.07. The van der Waals surface area contributed by atoms with E-state index in [4.69, 9.17) is 0 Å². The third-order valence-corrected chi connectivity index (χ3v) is 6.44. The molecular weight excluding hydrogens is 324 g/mol. The van der Waals surface area contributed by atoms with Crippen molar-refractivity contribution in [2.45, 2.75) is 36.8 Å². The Morgan fingerprint density at radius 1 is 1.30 bits per heavy atom. The van der Waals surface area contributed by atoms with Crippen LogP contribution in [0.1, 0.15) is 41.4 Å². The summed E-state index contributed by atoms with van der Waals surface area (Å²) in [6.45, 7) is 6.06. The van der Waals surface area contributed by atoms with Crippen molar-refractivity contribution >= 4 is 29.0 Å². The van der Waals surface area contributed by atoms with Gasteiger partial charge in [0.2, 0.25) is 0 Å². The highest BCUT2D eigenvalue weighted by atomic mass is 32.2. The summed E-state index contributed by atoms with van der Waals surface area (Å²) in [6, 6.07) is 8.05. The SMILES string of the molecule is Cc1csc(SCc2ccc(C(=O)N3CCC(C)CC3)cc2)n1. The second-order valence-corrected chi connectivity index (χ2v) is 8.30. The van der Waals surface area contributed by atoms with Gasteiger partial charge in [0.25, 0.3) is 5.91 Å². The molecule has 1 fully saturated rings. The lowest BCUT2D eigenvalue weighted by molar-refractivity contribution is 0.0697. The van der Waals surface area contributed by atoms with Crippen molar-refractivity contribution in [3.8, 4) is 0 Å². The summed E-state index contributed by atoms with van der Waals surface area (Å²) in [7, 11) is 0. The fourth-order valence-electron chi connectivity index (χ4n) is 2.68. The Morgan fingerprint density at radius 3 is 2.61 bits per heavy atom. The van der Waals surface area contributed by atoms with E-state index in [-0.39, 0.29) is 5.91 Å². The Kier molecular flexibility index (Phi) is 5.38. The molecule has 0 atom stereocenters. The van der Waals surface area contributed by atoms with Gasteiger partial charge in [-0.15, -0.1) is 11.3 Å². The molecule has 122 valence electrons. The highest BCUT2D eigenvalue weighted by Gasteiger charge is 2.21. The van der Waals surface area contributed by atoms with E-state index in [0.717, 1.165) is 53.2 Å². The number of aryl methyl sites for hydroxylation is 1. The molecule has 0 spiro atoms. The van der Waals surface area contributed by atoms with Gasteiger partial charge < -0.3 is 4.90 Å². The Hall–Kier alpha value is -1.33. The zero-order valence-electron chi connectivity index (χ0n) is 13.6. The van der Waals surface area contributed by atoms with Crippen LogP contribution >= 0.6 is 23.1 Å². The maximum absolute atomic E-state index is 12.5. The number of hydrogen-bond acceptors (Lipinski definition) is 4. The van der Waals surface area contributed by atoms with Crippen LogP contribution in [-0.4, -0.2) is 28.9 Å². The predicted molar refractivity (Wildman–Crippen MR) is 97.2 cm³/mol. The van der Waals surface area contributed by atoms with E-state index >= 15 is 0 Å². The van der Waals surface area contributed by atoms with E-state index in [9.17, 15) is 4.79 Å². The largest absolute Gasteiger partial charge is 0.339 e. The molecule has 1 aromatic heterocycles. The fourth-order valence-corrected chi connectivity index (χ4v) is 4.49. The van der Waals surface area contributed by atoms with Gasteiger partial charge >= 0.3 is 0 Å². The van der Waals surface area contributed by atoms with Crippen molar-refractivity contribution in [3.05, 3.63) is 46.5 Å². The van der Waals surface area contributed by atoms with Gasteiger partial charge in [-0.25, -0.2) is 4.98 Å². The van der Waals surface area contributed by atoms with Crippen LogP contribution in [0.3, 0.4) is 0 Å². The number of piperidine rings is 1. The monoisotopic (exact) mass is 346 g/mol. The summed E-state index contributed by atoms with van der Waals surface area (Å²) in [4.78, 5) is 19.0. The third kappa shape index (κ3) is 4.36. The van der Waals surface area contributed by atoms with Crippen LogP contribution in [0, 0.1) is 12.8 Å². The summed E-state index contributed by atoms with van der Waals surface area (Å²) >= 11 is 3.44. The van der Waals surface area contributed by atoms with E-state index < -0.39 is 0 Å². The van der Waals surface area contributed by atoms with Gasteiger partial charge in [0.15, 0.2) is 0 Å². The molecule has 2 aromatic rings. The zero-order chi connectivity index (χ0) is 16.2. The van der Waals surface area contributed by atoms with Gasteiger partial charge in [-0.05, 0) is 43.4 Å². The van der Waals surface area contributed by atoms with Gasteiger partial charge in [-0.3, -0.25) is 4.79 Å². The lowest BCUT2D eigenvalue weighted by Gasteiger charge is -2.30. The average Bonchev–Trinajstić information content (AvgIpc) is 2.99. The summed E-state index contributed by atoms with van der Waals surface area (Å²) in [6.07, 6.45) is 2.24. The highest BCUT2D eigenvalue weighted by Crippen LogP contribution is 2.26. The second-order valence-electron chi connectivity index (χ2n) is 6.22. The molecule has 3 nitrogen and oxygen atoms in total. The van der Waals surface area contributed by atoms with E-state index in [1.165, 1.54) is 5.56 Å². The smallest absolute Gasteiger partial charge is 0.253 e. The van der Waals surface area contributed by atoms with Gasteiger partial charge in [-0.1, -0.05) is 30.8 Å². The molecule has 0 radical (unpaired) electrons. The molecule has 23 heavy (non-hydrogen) atoms. The minimum atomic E-state index is 0.173. The quantitative estimate of drug-likeness (QED) is 0.758. The standard InChI is InChI=1S/C18H22N2OS2/c1-13-7-9-20(10-8-13)17(21)16-5-3-15(4-6-16)12-23-18-19-14(2)11-22-18/h3-6,11,13H,7-10,12H2,1-2H3. The van der Waals surface area contributed by atoms with E-state index in [0.29, 0.717) is 0 Å². The minimum Gasteiger partial charge on any atom is -0.339 e. The molecule has 5 heteroatoms. The number of likely N-dealkylation sites (tertiary alicyclic amines) is 1. The van der Waals surface area contributed by atoms with Crippen LogP contribution in [0.15, 0.2) is 34.0 Å². The summed E-state index contributed by atoms with van der Waals surface area (Å²) in [5.41, 5.74) is 3.11. The molecule has 1 aromatic carbocycles. The number of benzene rings is 1. The van der Waals surface area contributed by atoms with E-state index in [1.807, 2.05) is 24.0 Å². The Morgan fingerprint density at radius 2 is 2.00 bits per heavy atom. The first-order valence-corrected chi connectivity index (χ1v) is 9.91. The summed E-state index contributed by atoms with van der Waals surface area (Å²) < 4.78 is 1.10. The molecule has 0 N–H and O–H groups in total. The van der Waals surface area contributed by atoms with Crippen molar-refractivity contribution in [2.24, 2.45) is 5.92 Å². The number of rotatable bonds is 4. The van der Waals surface area contributed by atoms with Gasteiger partial charge in [0, 0.05) is 35.5 Å². The molecule has 0 unspecified atom stereocenters.